The molecule has 0 radical (unpaired) electrons. The van der Waals surface area contributed by atoms with Gasteiger partial charge in [0.2, 0.25) is 6.08 Å². The summed E-state index contributed by atoms with van der Waals surface area (Å²) in [6.07, 6.45) is 0.750. The molecular weight excluding hydrogens is 179 g/mol. The SMILES string of the molecule is FC(Cl)(Cl)Cl.N=C=O. The number of nitrogens with one attached hydrogen (secondary N) is 1. The molecule has 48 valence electrons. The van der Waals surface area contributed by atoms with Crippen molar-refractivity contribution in [3.05, 3.63) is 0 Å². The van der Waals surface area contributed by atoms with Gasteiger partial charge in [-0.2, -0.15) is 4.39 Å². The minimum Gasteiger partial charge on any atom is -0.222 e. The van der Waals surface area contributed by atoms with Gasteiger partial charge in [0, 0.05) is 0 Å². The van der Waals surface area contributed by atoms with Gasteiger partial charge in [-0.3, -0.25) is 0 Å². The van der Waals surface area contributed by atoms with E-state index >= 15 is 0 Å². The summed E-state index contributed by atoms with van der Waals surface area (Å²) < 4.78 is 8.40. The molecule has 0 bridgehead atoms. The van der Waals surface area contributed by atoms with E-state index in [4.69, 9.17) is 10.2 Å². The summed E-state index contributed by atoms with van der Waals surface area (Å²) in [7, 11) is 0. The van der Waals surface area contributed by atoms with Gasteiger partial charge < -0.3 is 0 Å². The molecule has 0 unspecified atom stereocenters. The second-order valence-electron chi connectivity index (χ2n) is 0.531. The van der Waals surface area contributed by atoms with Gasteiger partial charge in [0.1, 0.15) is 0 Å². The number of carbonyl (C=O) groups excluding carboxylic acids is 1. The van der Waals surface area contributed by atoms with Crippen molar-refractivity contribution >= 4 is 40.9 Å². The van der Waals surface area contributed by atoms with Gasteiger partial charge in [-0.25, -0.2) is 10.2 Å². The molecule has 0 aromatic rings. The molecule has 0 atom stereocenters. The van der Waals surface area contributed by atoms with Crippen LogP contribution >= 0.6 is 34.8 Å². The largest absolute Gasteiger partial charge is 0.333 e. The Morgan fingerprint density at radius 1 is 1.50 bits per heavy atom. The fraction of sp³-hybridized carbons (Fsp3) is 0.500. The Morgan fingerprint density at radius 3 is 1.50 bits per heavy atom. The van der Waals surface area contributed by atoms with E-state index < -0.39 is 4.05 Å². The lowest BCUT2D eigenvalue weighted by atomic mass is 11.7. The van der Waals surface area contributed by atoms with E-state index in [0.29, 0.717) is 0 Å². The number of halogens is 4. The van der Waals surface area contributed by atoms with E-state index in [2.05, 4.69) is 34.8 Å². The van der Waals surface area contributed by atoms with Crippen LogP contribution < -0.4 is 0 Å². The molecule has 0 aromatic carbocycles. The molecule has 8 heavy (non-hydrogen) atoms. The quantitative estimate of drug-likeness (QED) is 0.346. The molecule has 0 spiro atoms. The van der Waals surface area contributed by atoms with Gasteiger partial charge >= 0.3 is 4.05 Å². The van der Waals surface area contributed by atoms with Crippen molar-refractivity contribution in [1.29, 1.82) is 5.41 Å². The van der Waals surface area contributed by atoms with Crippen molar-refractivity contribution in [3.8, 4) is 0 Å². The molecule has 0 aliphatic rings. The smallest absolute Gasteiger partial charge is 0.222 e. The molecule has 0 rings (SSSR count). The summed E-state index contributed by atoms with van der Waals surface area (Å²) >= 11 is 13.2. The zero-order valence-corrected chi connectivity index (χ0v) is 5.69. The van der Waals surface area contributed by atoms with Crippen molar-refractivity contribution in [2.45, 2.75) is 4.05 Å². The second kappa shape index (κ2) is 5.32. The van der Waals surface area contributed by atoms with Crippen LogP contribution in [0.25, 0.3) is 0 Å². The van der Waals surface area contributed by atoms with E-state index in [1.54, 1.807) is 0 Å². The van der Waals surface area contributed by atoms with Gasteiger partial charge in [-0.15, -0.1) is 0 Å². The fourth-order valence-electron chi connectivity index (χ4n) is 0. The Balaban J connectivity index is 0. The normalized spacial score (nSPS) is 8.50. The molecule has 1 N–H and O–H groups in total. The van der Waals surface area contributed by atoms with Gasteiger partial charge in [0.05, 0.1) is 0 Å². The van der Waals surface area contributed by atoms with E-state index in [-0.39, 0.29) is 0 Å². The van der Waals surface area contributed by atoms with E-state index in [1.807, 2.05) is 0 Å². The number of hydrogen-bond donors (Lipinski definition) is 1. The highest BCUT2D eigenvalue weighted by Gasteiger charge is 2.14. The molecule has 0 fully saturated rings. The maximum absolute atomic E-state index is 11.0. The van der Waals surface area contributed by atoms with E-state index in [9.17, 15) is 4.39 Å². The Morgan fingerprint density at radius 2 is 1.50 bits per heavy atom. The summed E-state index contributed by atoms with van der Waals surface area (Å²) in [5.41, 5.74) is 0. The zero-order valence-electron chi connectivity index (χ0n) is 3.42. The van der Waals surface area contributed by atoms with Crippen LogP contribution in [0.15, 0.2) is 0 Å². The summed E-state index contributed by atoms with van der Waals surface area (Å²) in [5.74, 6) is 0. The first-order chi connectivity index (χ1) is 3.41. The average molecular weight is 180 g/mol. The monoisotopic (exact) mass is 179 g/mol. The van der Waals surface area contributed by atoms with Crippen LogP contribution in [0.1, 0.15) is 0 Å². The molecule has 0 amide bonds. The zero-order chi connectivity index (χ0) is 7.21. The summed E-state index contributed by atoms with van der Waals surface area (Å²) in [5, 5.41) is 5.40. The third-order valence-electron chi connectivity index (χ3n) is 0. The van der Waals surface area contributed by atoms with E-state index in [0.717, 1.165) is 6.08 Å². The highest BCUT2D eigenvalue weighted by atomic mass is 35.6. The minimum atomic E-state index is -2.58. The molecule has 0 saturated carbocycles. The second-order valence-corrected chi connectivity index (χ2v) is 2.67. The molecule has 0 aliphatic heterocycles. The third kappa shape index (κ3) is 5120. The Labute approximate surface area is 60.0 Å². The molecular formula is C2HCl3FNO. The first kappa shape index (κ1) is 11.0. The van der Waals surface area contributed by atoms with Crippen LogP contribution in [0, 0.1) is 5.41 Å². The number of isocyanates is 1. The van der Waals surface area contributed by atoms with Crippen molar-refractivity contribution < 1.29 is 9.18 Å². The minimum absolute atomic E-state index is 0.750. The van der Waals surface area contributed by atoms with Crippen LogP contribution in [-0.4, -0.2) is 10.1 Å². The molecule has 0 aliphatic carbocycles. The topological polar surface area (TPSA) is 40.9 Å². The van der Waals surface area contributed by atoms with Gasteiger partial charge in [-0.1, -0.05) is 0 Å². The number of alkyl halides is 4. The highest BCUT2D eigenvalue weighted by Crippen LogP contribution is 2.26. The van der Waals surface area contributed by atoms with E-state index in [1.165, 1.54) is 0 Å². The molecule has 0 aromatic heterocycles. The van der Waals surface area contributed by atoms with Crippen LogP contribution in [0.5, 0.6) is 0 Å². The average Bonchev–Trinajstić information content (AvgIpc) is 1.27. The lowest BCUT2D eigenvalue weighted by Gasteiger charge is -1.89. The molecule has 0 heterocycles. The van der Waals surface area contributed by atoms with Crippen LogP contribution in [0.3, 0.4) is 0 Å². The van der Waals surface area contributed by atoms with Crippen LogP contribution in [-0.2, 0) is 4.79 Å². The molecule has 0 saturated heterocycles. The van der Waals surface area contributed by atoms with Crippen molar-refractivity contribution in [2.75, 3.05) is 0 Å². The third-order valence-corrected chi connectivity index (χ3v) is 0. The molecule has 6 heteroatoms. The first-order valence-corrected chi connectivity index (χ1v) is 2.34. The standard InChI is InChI=1S/CCl3F.CHNO/c2-1(3,4)5;2-1-3/h;2H. The predicted octanol–water partition coefficient (Wildman–Crippen LogP) is 2.18. The van der Waals surface area contributed by atoms with Crippen LogP contribution in [0.2, 0.25) is 0 Å². The lowest BCUT2D eigenvalue weighted by Crippen LogP contribution is -1.83. The van der Waals surface area contributed by atoms with Crippen molar-refractivity contribution in [3.63, 3.8) is 0 Å². The lowest BCUT2D eigenvalue weighted by molar-refractivity contribution is 0.507. The maximum atomic E-state index is 11.0. The number of hydrogen-bond acceptors (Lipinski definition) is 2. The van der Waals surface area contributed by atoms with Gasteiger partial charge in [0.25, 0.3) is 0 Å². The Bertz CT molecular complexity index is 77.8. The van der Waals surface area contributed by atoms with Gasteiger partial charge in [-0.05, 0) is 34.8 Å². The molecule has 2 nitrogen and oxygen atoms in total. The summed E-state index contributed by atoms with van der Waals surface area (Å²) in [4.78, 5) is 8.35. The predicted molar refractivity (Wildman–Crippen MR) is 29.8 cm³/mol. The first-order valence-electron chi connectivity index (χ1n) is 1.21. The summed E-state index contributed by atoms with van der Waals surface area (Å²) in [6, 6.07) is 0. The highest BCUT2D eigenvalue weighted by molar-refractivity contribution is 6.66. The Kier molecular flexibility index (Phi) is 7.34. The van der Waals surface area contributed by atoms with Gasteiger partial charge in [0.15, 0.2) is 0 Å². The fourth-order valence-corrected chi connectivity index (χ4v) is 0. The van der Waals surface area contributed by atoms with Crippen LogP contribution in [0.4, 0.5) is 4.39 Å². The maximum Gasteiger partial charge on any atom is 0.333 e. The Hall–Kier alpha value is 0.180. The van der Waals surface area contributed by atoms with Crippen molar-refractivity contribution in [2.24, 2.45) is 0 Å². The van der Waals surface area contributed by atoms with Crippen molar-refractivity contribution in [1.82, 2.24) is 0 Å². The summed E-state index contributed by atoms with van der Waals surface area (Å²) in [6.45, 7) is 0. The number of rotatable bonds is 0.